The standard InChI is InChI=1S/C11H10O4S/c1-14-10(12)5-3-4-8-6-9(16-7-8)11(13)15-2/h6-7H,5H2,1-2H3. The number of hydrogen-bond donors (Lipinski definition) is 0. The molecule has 1 rings (SSSR count). The van der Waals surface area contributed by atoms with Gasteiger partial charge in [-0.15, -0.1) is 11.3 Å². The molecule has 0 amide bonds. The van der Waals surface area contributed by atoms with Crippen LogP contribution < -0.4 is 0 Å². The van der Waals surface area contributed by atoms with E-state index in [9.17, 15) is 9.59 Å². The van der Waals surface area contributed by atoms with Crippen LogP contribution in [0.1, 0.15) is 21.7 Å². The summed E-state index contributed by atoms with van der Waals surface area (Å²) >= 11 is 1.25. The molecule has 0 spiro atoms. The Kier molecular flexibility index (Phi) is 4.55. The van der Waals surface area contributed by atoms with E-state index in [4.69, 9.17) is 0 Å². The van der Waals surface area contributed by atoms with Crippen LogP contribution in [0.2, 0.25) is 0 Å². The van der Waals surface area contributed by atoms with Crippen molar-refractivity contribution in [2.75, 3.05) is 14.2 Å². The average molecular weight is 238 g/mol. The van der Waals surface area contributed by atoms with Gasteiger partial charge in [0.1, 0.15) is 11.3 Å². The highest BCUT2D eigenvalue weighted by Gasteiger charge is 2.07. The van der Waals surface area contributed by atoms with Crippen LogP contribution in [0.25, 0.3) is 0 Å². The molecular formula is C11H10O4S. The van der Waals surface area contributed by atoms with Crippen LogP contribution in [-0.4, -0.2) is 26.2 Å². The van der Waals surface area contributed by atoms with Gasteiger partial charge >= 0.3 is 11.9 Å². The number of carbonyl (C=O) groups is 2. The van der Waals surface area contributed by atoms with Crippen LogP contribution in [0.3, 0.4) is 0 Å². The van der Waals surface area contributed by atoms with Crippen molar-refractivity contribution < 1.29 is 19.1 Å². The van der Waals surface area contributed by atoms with E-state index in [0.29, 0.717) is 10.4 Å². The maximum Gasteiger partial charge on any atom is 0.348 e. The average Bonchev–Trinajstić information content (AvgIpc) is 2.76. The molecule has 0 aromatic carbocycles. The molecule has 5 heteroatoms. The van der Waals surface area contributed by atoms with Gasteiger partial charge in [-0.2, -0.15) is 0 Å². The zero-order valence-electron chi connectivity index (χ0n) is 8.90. The van der Waals surface area contributed by atoms with E-state index < -0.39 is 0 Å². The number of rotatable bonds is 2. The summed E-state index contributed by atoms with van der Waals surface area (Å²) in [5.74, 6) is 4.65. The summed E-state index contributed by atoms with van der Waals surface area (Å²) in [6.45, 7) is 0. The molecule has 0 unspecified atom stereocenters. The molecule has 1 heterocycles. The van der Waals surface area contributed by atoms with Gasteiger partial charge in [0.2, 0.25) is 0 Å². The normalized spacial score (nSPS) is 8.88. The maximum absolute atomic E-state index is 11.1. The summed E-state index contributed by atoms with van der Waals surface area (Å²) < 4.78 is 8.99. The Hall–Kier alpha value is -1.80. The van der Waals surface area contributed by atoms with Gasteiger partial charge in [0.25, 0.3) is 0 Å². The predicted octanol–water partition coefficient (Wildman–Crippen LogP) is 1.45. The van der Waals surface area contributed by atoms with Crippen LogP contribution in [0, 0.1) is 11.8 Å². The minimum atomic E-state index is -0.383. The number of thiophene rings is 1. The van der Waals surface area contributed by atoms with E-state index in [1.165, 1.54) is 25.6 Å². The first kappa shape index (κ1) is 12.3. The molecule has 0 aliphatic rings. The lowest BCUT2D eigenvalue weighted by Crippen LogP contribution is -1.97. The highest BCUT2D eigenvalue weighted by Crippen LogP contribution is 2.14. The van der Waals surface area contributed by atoms with E-state index in [-0.39, 0.29) is 18.4 Å². The van der Waals surface area contributed by atoms with E-state index >= 15 is 0 Å². The Bertz CT molecular complexity index is 450. The van der Waals surface area contributed by atoms with Gasteiger partial charge in [-0.05, 0) is 6.07 Å². The SMILES string of the molecule is COC(=O)CC#Cc1csc(C(=O)OC)c1. The van der Waals surface area contributed by atoms with Crippen LogP contribution in [0.4, 0.5) is 0 Å². The smallest absolute Gasteiger partial charge is 0.348 e. The first-order valence-electron chi connectivity index (χ1n) is 4.40. The summed E-state index contributed by atoms with van der Waals surface area (Å²) in [7, 11) is 2.63. The lowest BCUT2D eigenvalue weighted by Gasteiger charge is -1.90. The number of hydrogen-bond acceptors (Lipinski definition) is 5. The summed E-state index contributed by atoms with van der Waals surface area (Å²) in [6.07, 6.45) is 0.0416. The van der Waals surface area contributed by atoms with Gasteiger partial charge in [0, 0.05) is 10.9 Å². The van der Waals surface area contributed by atoms with Gasteiger partial charge in [-0.3, -0.25) is 4.79 Å². The second-order valence-electron chi connectivity index (χ2n) is 2.75. The second-order valence-corrected chi connectivity index (χ2v) is 3.66. The van der Waals surface area contributed by atoms with Gasteiger partial charge in [0.15, 0.2) is 0 Å². The molecule has 4 nitrogen and oxygen atoms in total. The number of esters is 2. The van der Waals surface area contributed by atoms with Crippen molar-refractivity contribution >= 4 is 23.3 Å². The summed E-state index contributed by atoms with van der Waals surface area (Å²) in [6, 6.07) is 1.63. The molecule has 16 heavy (non-hydrogen) atoms. The molecule has 84 valence electrons. The molecule has 0 fully saturated rings. The molecule has 0 radical (unpaired) electrons. The highest BCUT2D eigenvalue weighted by atomic mass is 32.1. The molecule has 0 bridgehead atoms. The first-order valence-corrected chi connectivity index (χ1v) is 5.28. The Morgan fingerprint density at radius 2 is 2.12 bits per heavy atom. The third-order valence-electron chi connectivity index (χ3n) is 1.68. The van der Waals surface area contributed by atoms with E-state index in [2.05, 4.69) is 21.3 Å². The topological polar surface area (TPSA) is 52.6 Å². The quantitative estimate of drug-likeness (QED) is 0.578. The summed E-state index contributed by atoms with van der Waals surface area (Å²) in [4.78, 5) is 22.4. The van der Waals surface area contributed by atoms with Gasteiger partial charge in [-0.25, -0.2) is 4.79 Å². The fraction of sp³-hybridized carbons (Fsp3) is 0.273. The van der Waals surface area contributed by atoms with Crippen LogP contribution in [-0.2, 0) is 14.3 Å². The highest BCUT2D eigenvalue weighted by molar-refractivity contribution is 7.12. The largest absolute Gasteiger partial charge is 0.468 e. The molecule has 1 aromatic rings. The minimum absolute atomic E-state index is 0.0416. The summed E-state index contributed by atoms with van der Waals surface area (Å²) in [5, 5.41) is 1.73. The monoisotopic (exact) mass is 238 g/mol. The van der Waals surface area contributed by atoms with Gasteiger partial charge in [0.05, 0.1) is 14.2 Å². The minimum Gasteiger partial charge on any atom is -0.468 e. The molecular weight excluding hydrogens is 228 g/mol. The molecule has 0 saturated carbocycles. The Morgan fingerprint density at radius 3 is 2.75 bits per heavy atom. The number of ether oxygens (including phenoxy) is 2. The molecule has 0 saturated heterocycles. The van der Waals surface area contributed by atoms with Crippen molar-refractivity contribution in [3.63, 3.8) is 0 Å². The molecule has 1 aromatic heterocycles. The van der Waals surface area contributed by atoms with Crippen molar-refractivity contribution in [2.45, 2.75) is 6.42 Å². The molecule has 0 aliphatic heterocycles. The zero-order valence-corrected chi connectivity index (χ0v) is 9.72. The Balaban J connectivity index is 2.65. The second kappa shape index (κ2) is 5.93. The Morgan fingerprint density at radius 1 is 1.38 bits per heavy atom. The Labute approximate surface area is 97.2 Å². The van der Waals surface area contributed by atoms with Crippen LogP contribution in [0.5, 0.6) is 0 Å². The lowest BCUT2D eigenvalue weighted by molar-refractivity contribution is -0.139. The fourth-order valence-corrected chi connectivity index (χ4v) is 1.66. The number of carbonyl (C=O) groups excluding carboxylic acids is 2. The van der Waals surface area contributed by atoms with E-state index in [0.717, 1.165) is 0 Å². The van der Waals surface area contributed by atoms with Crippen molar-refractivity contribution in [1.29, 1.82) is 0 Å². The van der Waals surface area contributed by atoms with Crippen molar-refractivity contribution in [1.82, 2.24) is 0 Å². The third-order valence-corrected chi connectivity index (χ3v) is 2.59. The molecule has 0 N–H and O–H groups in total. The van der Waals surface area contributed by atoms with Crippen molar-refractivity contribution in [2.24, 2.45) is 0 Å². The van der Waals surface area contributed by atoms with E-state index in [1.54, 1.807) is 11.4 Å². The number of methoxy groups -OCH3 is 2. The third kappa shape index (κ3) is 3.41. The van der Waals surface area contributed by atoms with Gasteiger partial charge < -0.3 is 9.47 Å². The molecule has 0 atom stereocenters. The maximum atomic E-state index is 11.1. The fourth-order valence-electron chi connectivity index (χ4n) is 0.900. The zero-order chi connectivity index (χ0) is 12.0. The van der Waals surface area contributed by atoms with Crippen molar-refractivity contribution in [3.8, 4) is 11.8 Å². The lowest BCUT2D eigenvalue weighted by atomic mass is 10.3. The van der Waals surface area contributed by atoms with Gasteiger partial charge in [-0.1, -0.05) is 11.8 Å². The van der Waals surface area contributed by atoms with E-state index in [1.807, 2.05) is 0 Å². The first-order chi connectivity index (χ1) is 7.67. The predicted molar refractivity (Wildman–Crippen MR) is 59.2 cm³/mol. The summed E-state index contributed by atoms with van der Waals surface area (Å²) in [5.41, 5.74) is 0.689. The van der Waals surface area contributed by atoms with Crippen LogP contribution in [0.15, 0.2) is 11.4 Å². The molecule has 0 aliphatic carbocycles. The van der Waals surface area contributed by atoms with Crippen molar-refractivity contribution in [3.05, 3.63) is 21.9 Å². The van der Waals surface area contributed by atoms with Crippen LogP contribution >= 0.6 is 11.3 Å².